The Morgan fingerprint density at radius 2 is 1.94 bits per heavy atom. The normalized spacial score (nSPS) is 11.2. The fourth-order valence-electron chi connectivity index (χ4n) is 2.93. The van der Waals surface area contributed by atoms with Crippen molar-refractivity contribution in [2.24, 2.45) is 0 Å². The number of sulfonamides is 1. The molecule has 0 spiro atoms. The lowest BCUT2D eigenvalue weighted by atomic mass is 10.1. The highest BCUT2D eigenvalue weighted by Crippen LogP contribution is 2.34. The largest absolute Gasteiger partial charge is 0.435 e. The van der Waals surface area contributed by atoms with Crippen molar-refractivity contribution in [2.75, 3.05) is 11.2 Å². The molecular formula is C21H17F3N4O4S2. The molecule has 8 nitrogen and oxygen atoms in total. The highest BCUT2D eigenvalue weighted by molar-refractivity contribution is 7.89. The number of carbonyl (C=O) groups is 1. The number of aryl methyl sites for hydroxylation is 1. The second kappa shape index (κ2) is 10.1. The van der Waals surface area contributed by atoms with E-state index in [2.05, 4.69) is 9.72 Å². The number of halogens is 3. The van der Waals surface area contributed by atoms with Crippen molar-refractivity contribution in [1.82, 2.24) is 9.71 Å². The van der Waals surface area contributed by atoms with Crippen LogP contribution in [0.2, 0.25) is 0 Å². The van der Waals surface area contributed by atoms with E-state index < -0.39 is 28.4 Å². The number of benzene rings is 2. The van der Waals surface area contributed by atoms with E-state index in [0.717, 1.165) is 35.8 Å². The fraction of sp³-hybridized carbons (Fsp3) is 0.190. The predicted molar refractivity (Wildman–Crippen MR) is 119 cm³/mol. The second-order valence-electron chi connectivity index (χ2n) is 6.98. The van der Waals surface area contributed by atoms with Gasteiger partial charge in [-0.1, -0.05) is 0 Å². The molecule has 1 amide bonds. The number of alkyl halides is 2. The number of nitrogens with zero attached hydrogens (tertiary/aromatic N) is 3. The topological polar surface area (TPSA) is 112 Å². The summed E-state index contributed by atoms with van der Waals surface area (Å²) in [6, 6.07) is 11.3. The van der Waals surface area contributed by atoms with Gasteiger partial charge in [0.25, 0.3) is 5.91 Å². The molecule has 178 valence electrons. The number of anilines is 2. The van der Waals surface area contributed by atoms with Crippen molar-refractivity contribution in [1.29, 1.82) is 5.26 Å². The Morgan fingerprint density at radius 1 is 1.26 bits per heavy atom. The maximum atomic E-state index is 14.6. The summed E-state index contributed by atoms with van der Waals surface area (Å²) < 4.78 is 68.9. The third-order valence-corrected chi connectivity index (χ3v) is 5.94. The van der Waals surface area contributed by atoms with E-state index in [1.54, 1.807) is 19.1 Å². The average molecular weight is 511 g/mol. The standard InChI is InChI=1S/C21H17F3N4O4S2/c1-12-18(19(29)27-34(2,30)31)26-21(33-12)28(15-5-3-13(10-25)4-6-15)11-14-9-16(32-20(23)24)7-8-17(14)22/h3-9,20H,11H2,1-2H3,(H,27,29). The van der Waals surface area contributed by atoms with Crippen molar-refractivity contribution in [3.63, 3.8) is 0 Å². The lowest BCUT2D eigenvalue weighted by Crippen LogP contribution is -2.30. The van der Waals surface area contributed by atoms with E-state index in [4.69, 9.17) is 5.26 Å². The number of carbonyl (C=O) groups excluding carboxylic acids is 1. The van der Waals surface area contributed by atoms with Crippen LogP contribution in [0.4, 0.5) is 24.0 Å². The minimum absolute atomic E-state index is 0.00231. The molecule has 0 aliphatic carbocycles. The van der Waals surface area contributed by atoms with Gasteiger partial charge >= 0.3 is 6.61 Å². The summed E-state index contributed by atoms with van der Waals surface area (Å²) in [5.41, 5.74) is 0.685. The highest BCUT2D eigenvalue weighted by atomic mass is 32.2. The van der Waals surface area contributed by atoms with Gasteiger partial charge < -0.3 is 9.64 Å². The van der Waals surface area contributed by atoms with Crippen molar-refractivity contribution < 1.29 is 31.1 Å². The molecule has 1 aromatic heterocycles. The smallest absolute Gasteiger partial charge is 0.387 e. The maximum Gasteiger partial charge on any atom is 0.387 e. The van der Waals surface area contributed by atoms with Gasteiger partial charge in [0.2, 0.25) is 10.0 Å². The molecule has 34 heavy (non-hydrogen) atoms. The van der Waals surface area contributed by atoms with Crippen LogP contribution in [0.5, 0.6) is 5.75 Å². The minimum atomic E-state index is -3.83. The first-order valence-corrected chi connectivity index (χ1v) is 12.2. The highest BCUT2D eigenvalue weighted by Gasteiger charge is 2.23. The van der Waals surface area contributed by atoms with Crippen LogP contribution in [-0.4, -0.2) is 32.2 Å². The third-order valence-electron chi connectivity index (χ3n) is 4.39. The second-order valence-corrected chi connectivity index (χ2v) is 9.91. The van der Waals surface area contributed by atoms with E-state index in [9.17, 15) is 26.4 Å². The molecule has 13 heteroatoms. The first-order valence-electron chi connectivity index (χ1n) is 9.47. The molecule has 0 bridgehead atoms. The summed E-state index contributed by atoms with van der Waals surface area (Å²) >= 11 is 1.04. The molecule has 0 atom stereocenters. The van der Waals surface area contributed by atoms with Gasteiger partial charge in [0.1, 0.15) is 17.3 Å². The Kier molecular flexibility index (Phi) is 7.43. The number of hydrogen-bond donors (Lipinski definition) is 1. The van der Waals surface area contributed by atoms with E-state index in [0.29, 0.717) is 16.1 Å². The van der Waals surface area contributed by atoms with Crippen LogP contribution in [-0.2, 0) is 16.6 Å². The van der Waals surface area contributed by atoms with Gasteiger partial charge in [0, 0.05) is 16.1 Å². The van der Waals surface area contributed by atoms with Crippen LogP contribution in [0.15, 0.2) is 42.5 Å². The summed E-state index contributed by atoms with van der Waals surface area (Å²) in [5, 5.41) is 9.27. The monoisotopic (exact) mass is 510 g/mol. The zero-order valence-electron chi connectivity index (χ0n) is 17.8. The van der Waals surface area contributed by atoms with Gasteiger partial charge in [-0.2, -0.15) is 14.0 Å². The van der Waals surface area contributed by atoms with Crippen LogP contribution in [0.1, 0.15) is 26.5 Å². The number of amides is 1. The number of rotatable bonds is 8. The summed E-state index contributed by atoms with van der Waals surface area (Å²) in [6.45, 7) is -1.73. The van der Waals surface area contributed by atoms with Crippen LogP contribution < -0.4 is 14.4 Å². The van der Waals surface area contributed by atoms with Crippen LogP contribution in [0.3, 0.4) is 0 Å². The number of aromatic nitrogens is 1. The maximum absolute atomic E-state index is 14.6. The summed E-state index contributed by atoms with van der Waals surface area (Å²) in [5.74, 6) is -1.86. The summed E-state index contributed by atoms with van der Waals surface area (Å²) in [4.78, 5) is 18.5. The third kappa shape index (κ3) is 6.24. The Morgan fingerprint density at radius 3 is 2.53 bits per heavy atom. The van der Waals surface area contributed by atoms with Crippen LogP contribution >= 0.6 is 11.3 Å². The molecule has 0 aliphatic heterocycles. The van der Waals surface area contributed by atoms with Crippen LogP contribution in [0, 0.1) is 24.1 Å². The van der Waals surface area contributed by atoms with Gasteiger partial charge in [0.05, 0.1) is 24.4 Å². The first-order chi connectivity index (χ1) is 16.0. The molecule has 3 rings (SSSR count). The van der Waals surface area contributed by atoms with Crippen molar-refractivity contribution in [2.45, 2.75) is 20.1 Å². The average Bonchev–Trinajstić information content (AvgIpc) is 3.14. The van der Waals surface area contributed by atoms with E-state index in [1.807, 2.05) is 10.8 Å². The summed E-state index contributed by atoms with van der Waals surface area (Å²) in [6.07, 6.45) is 0.827. The number of hydrogen-bond acceptors (Lipinski definition) is 8. The number of ether oxygens (including phenoxy) is 1. The number of nitriles is 1. The van der Waals surface area contributed by atoms with Crippen LogP contribution in [0.25, 0.3) is 0 Å². The molecule has 3 aromatic rings. The first kappa shape index (κ1) is 25.0. The molecule has 0 radical (unpaired) electrons. The quantitative estimate of drug-likeness (QED) is 0.486. The molecular weight excluding hydrogens is 493 g/mol. The van der Waals surface area contributed by atoms with Gasteiger partial charge in [-0.05, 0) is 49.4 Å². The lowest BCUT2D eigenvalue weighted by Gasteiger charge is -2.23. The van der Waals surface area contributed by atoms with E-state index in [-0.39, 0.29) is 28.7 Å². The zero-order valence-corrected chi connectivity index (χ0v) is 19.4. The van der Waals surface area contributed by atoms with Gasteiger partial charge in [0.15, 0.2) is 5.13 Å². The SMILES string of the molecule is Cc1sc(N(Cc2cc(OC(F)F)ccc2F)c2ccc(C#N)cc2)nc1C(=O)NS(C)(=O)=O. The van der Waals surface area contributed by atoms with Gasteiger partial charge in [-0.15, -0.1) is 11.3 Å². The zero-order chi connectivity index (χ0) is 25.0. The Balaban J connectivity index is 2.05. The molecule has 0 saturated carbocycles. The van der Waals surface area contributed by atoms with Crippen molar-refractivity contribution in [3.05, 3.63) is 70.0 Å². The molecule has 1 heterocycles. The van der Waals surface area contributed by atoms with Gasteiger partial charge in [-0.25, -0.2) is 22.5 Å². The molecule has 0 saturated heterocycles. The molecule has 0 fully saturated rings. The van der Waals surface area contributed by atoms with E-state index >= 15 is 0 Å². The fourth-order valence-corrected chi connectivity index (χ4v) is 4.29. The molecule has 0 unspecified atom stereocenters. The van der Waals surface area contributed by atoms with Crippen molar-refractivity contribution >= 4 is 38.1 Å². The minimum Gasteiger partial charge on any atom is -0.435 e. The predicted octanol–water partition coefficient (Wildman–Crippen LogP) is 4.09. The molecule has 2 aromatic carbocycles. The lowest BCUT2D eigenvalue weighted by molar-refractivity contribution is -0.0499. The summed E-state index contributed by atoms with van der Waals surface area (Å²) in [7, 11) is -3.83. The number of thiazole rings is 1. The Hall–Kier alpha value is -3.63. The number of nitrogens with one attached hydrogen (secondary N) is 1. The Labute approximate surface area is 197 Å². The van der Waals surface area contributed by atoms with E-state index in [1.165, 1.54) is 17.0 Å². The Bertz CT molecular complexity index is 1350. The van der Waals surface area contributed by atoms with Gasteiger partial charge in [-0.3, -0.25) is 4.79 Å². The van der Waals surface area contributed by atoms with Crippen molar-refractivity contribution in [3.8, 4) is 11.8 Å². The molecule has 0 aliphatic rings. The molecule has 1 N–H and O–H groups in total.